The highest BCUT2D eigenvalue weighted by Gasteiger charge is 2.40. The van der Waals surface area contributed by atoms with Crippen LogP contribution >= 0.6 is 12.2 Å². The zero-order valence-corrected chi connectivity index (χ0v) is 12.5. The van der Waals surface area contributed by atoms with Gasteiger partial charge in [-0.2, -0.15) is 0 Å². The predicted octanol–water partition coefficient (Wildman–Crippen LogP) is 3.22. The molecule has 0 aromatic rings. The third kappa shape index (κ3) is 2.66. The minimum absolute atomic E-state index is 0.500. The quantitative estimate of drug-likeness (QED) is 0.751. The lowest BCUT2D eigenvalue weighted by molar-refractivity contribution is 0.369. The smallest absolute Gasteiger partial charge is 0.166 e. The fourth-order valence-electron chi connectivity index (χ4n) is 4.38. The molecule has 2 bridgehead atoms. The summed E-state index contributed by atoms with van der Waals surface area (Å²) in [6, 6.07) is 1.26. The molecular weight excluding hydrogens is 240 g/mol. The molecule has 102 valence electrons. The van der Waals surface area contributed by atoms with Crippen molar-refractivity contribution < 1.29 is 0 Å². The van der Waals surface area contributed by atoms with Crippen LogP contribution in [0.25, 0.3) is 0 Å². The Morgan fingerprint density at radius 3 is 2.50 bits per heavy atom. The first-order valence-corrected chi connectivity index (χ1v) is 8.00. The summed E-state index contributed by atoms with van der Waals surface area (Å²) in [5, 5.41) is 8.04. The lowest BCUT2D eigenvalue weighted by atomic mass is 9.92. The normalized spacial score (nSPS) is 41.0. The van der Waals surface area contributed by atoms with Crippen molar-refractivity contribution in [3.8, 4) is 0 Å². The predicted molar refractivity (Wildman–Crippen MR) is 79.5 cm³/mol. The SMILES string of the molecule is CC1(C)CCC(NC(=S)NC2CC3CCC2C3)C1. The minimum atomic E-state index is 0.500. The number of hydrogen-bond donors (Lipinski definition) is 2. The Bertz CT molecular complexity index is 339. The summed E-state index contributed by atoms with van der Waals surface area (Å²) < 4.78 is 0. The molecule has 0 saturated heterocycles. The fourth-order valence-corrected chi connectivity index (χ4v) is 4.69. The van der Waals surface area contributed by atoms with Crippen molar-refractivity contribution >= 4 is 17.3 Å². The Labute approximate surface area is 116 Å². The number of hydrogen-bond acceptors (Lipinski definition) is 1. The van der Waals surface area contributed by atoms with E-state index in [0.717, 1.165) is 16.9 Å². The van der Waals surface area contributed by atoms with Crippen molar-refractivity contribution in [3.63, 3.8) is 0 Å². The zero-order chi connectivity index (χ0) is 12.8. The summed E-state index contributed by atoms with van der Waals surface area (Å²) in [7, 11) is 0. The Morgan fingerprint density at radius 1 is 1.11 bits per heavy atom. The molecule has 2 nitrogen and oxygen atoms in total. The van der Waals surface area contributed by atoms with E-state index in [9.17, 15) is 0 Å². The van der Waals surface area contributed by atoms with Crippen LogP contribution in [-0.4, -0.2) is 17.2 Å². The molecule has 3 fully saturated rings. The van der Waals surface area contributed by atoms with Gasteiger partial charge in [0.1, 0.15) is 0 Å². The molecule has 4 unspecified atom stereocenters. The van der Waals surface area contributed by atoms with Crippen LogP contribution in [0.5, 0.6) is 0 Å². The first-order valence-electron chi connectivity index (χ1n) is 7.59. The minimum Gasteiger partial charge on any atom is -0.360 e. The lowest BCUT2D eigenvalue weighted by Crippen LogP contribution is -2.47. The second kappa shape index (κ2) is 4.66. The molecule has 0 aromatic heterocycles. The average molecular weight is 266 g/mol. The standard InChI is InChI=1S/C15H26N2S/c1-15(2)6-5-12(9-15)16-14(18)17-13-8-10-3-4-11(13)7-10/h10-13H,3-9H2,1-2H3,(H2,16,17,18). The third-order valence-corrected chi connectivity index (χ3v) is 5.59. The van der Waals surface area contributed by atoms with Gasteiger partial charge >= 0.3 is 0 Å². The highest BCUT2D eigenvalue weighted by molar-refractivity contribution is 7.80. The molecule has 0 heterocycles. The van der Waals surface area contributed by atoms with Gasteiger partial charge in [-0.25, -0.2) is 0 Å². The van der Waals surface area contributed by atoms with E-state index < -0.39 is 0 Å². The average Bonchev–Trinajstić information content (AvgIpc) is 2.93. The molecule has 4 atom stereocenters. The molecule has 2 N–H and O–H groups in total. The molecule has 0 radical (unpaired) electrons. The first-order chi connectivity index (χ1) is 8.52. The summed E-state index contributed by atoms with van der Waals surface area (Å²) in [6.07, 6.45) is 9.51. The van der Waals surface area contributed by atoms with E-state index in [1.165, 1.54) is 44.9 Å². The maximum atomic E-state index is 5.50. The van der Waals surface area contributed by atoms with Gasteiger partial charge in [0, 0.05) is 12.1 Å². The van der Waals surface area contributed by atoms with Crippen molar-refractivity contribution in [2.45, 2.75) is 70.9 Å². The number of nitrogens with one attached hydrogen (secondary N) is 2. The summed E-state index contributed by atoms with van der Waals surface area (Å²) in [6.45, 7) is 4.72. The number of fused-ring (bicyclic) bond motifs is 2. The first kappa shape index (κ1) is 12.7. The maximum Gasteiger partial charge on any atom is 0.166 e. The third-order valence-electron chi connectivity index (χ3n) is 5.36. The van der Waals surface area contributed by atoms with E-state index in [-0.39, 0.29) is 0 Å². The van der Waals surface area contributed by atoms with Gasteiger partial charge in [-0.3, -0.25) is 0 Å². The summed E-state index contributed by atoms with van der Waals surface area (Å²) in [5.74, 6) is 1.88. The van der Waals surface area contributed by atoms with Gasteiger partial charge in [0.15, 0.2) is 5.11 Å². The highest BCUT2D eigenvalue weighted by atomic mass is 32.1. The number of thiocarbonyl (C=S) groups is 1. The number of rotatable bonds is 2. The van der Waals surface area contributed by atoms with Crippen LogP contribution in [0.4, 0.5) is 0 Å². The van der Waals surface area contributed by atoms with Crippen molar-refractivity contribution in [2.75, 3.05) is 0 Å². The Balaban J connectivity index is 1.45. The second-order valence-corrected chi connectivity index (χ2v) is 7.91. The van der Waals surface area contributed by atoms with Gasteiger partial charge in [-0.05, 0) is 68.0 Å². The van der Waals surface area contributed by atoms with Gasteiger partial charge in [-0.15, -0.1) is 0 Å². The highest BCUT2D eigenvalue weighted by Crippen LogP contribution is 2.44. The van der Waals surface area contributed by atoms with E-state index in [2.05, 4.69) is 24.5 Å². The van der Waals surface area contributed by atoms with Crippen LogP contribution in [0.1, 0.15) is 58.8 Å². The van der Waals surface area contributed by atoms with Crippen molar-refractivity contribution in [2.24, 2.45) is 17.3 Å². The van der Waals surface area contributed by atoms with E-state index in [1.807, 2.05) is 0 Å². The fraction of sp³-hybridized carbons (Fsp3) is 0.933. The molecule has 3 aliphatic rings. The van der Waals surface area contributed by atoms with E-state index in [1.54, 1.807) is 0 Å². The van der Waals surface area contributed by atoms with Crippen LogP contribution in [0.3, 0.4) is 0 Å². The second-order valence-electron chi connectivity index (χ2n) is 7.50. The van der Waals surface area contributed by atoms with Crippen molar-refractivity contribution in [3.05, 3.63) is 0 Å². The van der Waals surface area contributed by atoms with Gasteiger partial charge in [0.05, 0.1) is 0 Å². The molecule has 3 heteroatoms. The van der Waals surface area contributed by atoms with Crippen LogP contribution < -0.4 is 10.6 Å². The summed E-state index contributed by atoms with van der Waals surface area (Å²) >= 11 is 5.50. The largest absolute Gasteiger partial charge is 0.360 e. The van der Waals surface area contributed by atoms with Gasteiger partial charge in [-0.1, -0.05) is 20.3 Å². The van der Waals surface area contributed by atoms with E-state index in [4.69, 9.17) is 12.2 Å². The van der Waals surface area contributed by atoms with Crippen molar-refractivity contribution in [1.82, 2.24) is 10.6 Å². The molecule has 0 spiro atoms. The molecule has 0 amide bonds. The zero-order valence-electron chi connectivity index (χ0n) is 11.7. The van der Waals surface area contributed by atoms with Gasteiger partial charge in [0.25, 0.3) is 0 Å². The molecule has 3 saturated carbocycles. The maximum absolute atomic E-state index is 5.50. The topological polar surface area (TPSA) is 24.1 Å². The Kier molecular flexibility index (Phi) is 3.29. The van der Waals surface area contributed by atoms with Crippen LogP contribution in [0, 0.1) is 17.3 Å². The van der Waals surface area contributed by atoms with E-state index in [0.29, 0.717) is 17.5 Å². The van der Waals surface area contributed by atoms with Crippen molar-refractivity contribution in [1.29, 1.82) is 0 Å². The van der Waals surface area contributed by atoms with Gasteiger partial charge in [0.2, 0.25) is 0 Å². The summed E-state index contributed by atoms with van der Waals surface area (Å²) in [5.41, 5.74) is 0.500. The van der Waals surface area contributed by atoms with Crippen LogP contribution in [0.2, 0.25) is 0 Å². The molecule has 18 heavy (non-hydrogen) atoms. The van der Waals surface area contributed by atoms with Gasteiger partial charge < -0.3 is 10.6 Å². The monoisotopic (exact) mass is 266 g/mol. The molecule has 0 aromatic carbocycles. The van der Waals surface area contributed by atoms with Crippen LogP contribution in [-0.2, 0) is 0 Å². The molecule has 3 aliphatic carbocycles. The molecule has 0 aliphatic heterocycles. The van der Waals surface area contributed by atoms with Crippen LogP contribution in [0.15, 0.2) is 0 Å². The Morgan fingerprint density at radius 2 is 1.94 bits per heavy atom. The molecule has 3 rings (SSSR count). The van der Waals surface area contributed by atoms with E-state index >= 15 is 0 Å². The Hall–Kier alpha value is -0.310. The summed E-state index contributed by atoms with van der Waals surface area (Å²) in [4.78, 5) is 0. The lowest BCUT2D eigenvalue weighted by Gasteiger charge is -2.26. The molecular formula is C15H26N2S.